The van der Waals surface area contributed by atoms with E-state index in [2.05, 4.69) is 9.46 Å². The zero-order chi connectivity index (χ0) is 12.4. The summed E-state index contributed by atoms with van der Waals surface area (Å²) in [5, 5.41) is 8.24. The molecule has 7 heteroatoms. The van der Waals surface area contributed by atoms with E-state index < -0.39 is 16.0 Å². The normalized spacial score (nSPS) is 10.8. The number of esters is 1. The Morgan fingerprint density at radius 3 is 2.75 bits per heavy atom. The molecule has 0 bridgehead atoms. The number of rotatable bonds is 8. The van der Waals surface area contributed by atoms with E-state index >= 15 is 0 Å². The molecule has 0 aromatic carbocycles. The van der Waals surface area contributed by atoms with E-state index in [1.54, 1.807) is 6.92 Å². The highest BCUT2D eigenvalue weighted by Crippen LogP contribution is 1.94. The van der Waals surface area contributed by atoms with Gasteiger partial charge in [0.05, 0.1) is 24.8 Å². The van der Waals surface area contributed by atoms with Crippen LogP contribution >= 0.6 is 0 Å². The minimum atomic E-state index is -3.44. The predicted molar refractivity (Wildman–Crippen MR) is 57.9 cm³/mol. The van der Waals surface area contributed by atoms with Crippen molar-refractivity contribution in [2.45, 2.75) is 26.2 Å². The van der Waals surface area contributed by atoms with Crippen molar-refractivity contribution in [3.8, 4) is 6.07 Å². The van der Waals surface area contributed by atoms with Crippen molar-refractivity contribution in [1.29, 1.82) is 5.26 Å². The minimum absolute atomic E-state index is 0.151. The van der Waals surface area contributed by atoms with Gasteiger partial charge in [-0.15, -0.1) is 0 Å². The molecule has 0 unspecified atom stereocenters. The first-order chi connectivity index (χ1) is 7.52. The number of carbonyl (C=O) groups is 1. The maximum absolute atomic E-state index is 11.3. The van der Waals surface area contributed by atoms with Crippen molar-refractivity contribution >= 4 is 16.0 Å². The lowest BCUT2D eigenvalue weighted by Crippen LogP contribution is -2.28. The molecule has 0 aliphatic heterocycles. The van der Waals surface area contributed by atoms with Crippen LogP contribution in [0.15, 0.2) is 0 Å². The van der Waals surface area contributed by atoms with E-state index in [9.17, 15) is 13.2 Å². The summed E-state index contributed by atoms with van der Waals surface area (Å²) in [6.45, 7) is 2.12. The molecule has 0 saturated carbocycles. The molecule has 0 radical (unpaired) electrons. The maximum atomic E-state index is 11.3. The summed E-state index contributed by atoms with van der Waals surface area (Å²) in [6.07, 6.45) is 0.622. The van der Waals surface area contributed by atoms with E-state index in [1.807, 2.05) is 6.07 Å². The fourth-order valence-corrected chi connectivity index (χ4v) is 1.95. The Bertz CT molecular complexity index is 345. The summed E-state index contributed by atoms with van der Waals surface area (Å²) in [5.41, 5.74) is 0. The molecule has 0 aromatic heterocycles. The Hall–Kier alpha value is -1.13. The Kier molecular flexibility index (Phi) is 7.50. The van der Waals surface area contributed by atoms with Gasteiger partial charge in [0.1, 0.15) is 0 Å². The van der Waals surface area contributed by atoms with Gasteiger partial charge in [-0.3, -0.25) is 4.79 Å². The smallest absolute Gasteiger partial charge is 0.306 e. The molecule has 0 heterocycles. The Morgan fingerprint density at radius 2 is 2.19 bits per heavy atom. The van der Waals surface area contributed by atoms with Crippen LogP contribution in [0.3, 0.4) is 0 Å². The Morgan fingerprint density at radius 1 is 1.50 bits per heavy atom. The quantitative estimate of drug-likeness (QED) is 0.487. The molecule has 1 N–H and O–H groups in total. The van der Waals surface area contributed by atoms with Crippen LogP contribution in [0.1, 0.15) is 26.2 Å². The van der Waals surface area contributed by atoms with Crippen LogP contribution in [0.2, 0.25) is 0 Å². The summed E-state index contributed by atoms with van der Waals surface area (Å²) >= 11 is 0. The van der Waals surface area contributed by atoms with Crippen LogP contribution in [0.5, 0.6) is 0 Å². The van der Waals surface area contributed by atoms with E-state index in [4.69, 9.17) is 5.26 Å². The Labute approximate surface area is 95.6 Å². The fraction of sp³-hybridized carbons (Fsp3) is 0.778. The molecule has 0 rings (SSSR count). The van der Waals surface area contributed by atoms with Crippen molar-refractivity contribution < 1.29 is 17.9 Å². The van der Waals surface area contributed by atoms with Crippen LogP contribution < -0.4 is 4.72 Å². The molecule has 16 heavy (non-hydrogen) atoms. The number of nitrogens with zero attached hydrogens (tertiary/aromatic N) is 1. The Balaban J connectivity index is 3.79. The van der Waals surface area contributed by atoms with Gasteiger partial charge in [0.2, 0.25) is 10.0 Å². The molecule has 0 atom stereocenters. The zero-order valence-corrected chi connectivity index (χ0v) is 10.0. The van der Waals surface area contributed by atoms with Crippen LogP contribution in [0.4, 0.5) is 0 Å². The second kappa shape index (κ2) is 8.07. The standard InChI is InChI=1S/C9H16N2O4S/c1-2-15-9(12)5-8-16(13,14)11-7-4-3-6-10/h11H,2-5,7-8H2,1H3. The minimum Gasteiger partial charge on any atom is -0.466 e. The molecule has 0 aliphatic rings. The molecular weight excluding hydrogens is 232 g/mol. The molecule has 0 fully saturated rings. The first-order valence-corrected chi connectivity index (χ1v) is 6.67. The van der Waals surface area contributed by atoms with Crippen molar-refractivity contribution in [3.05, 3.63) is 0 Å². The van der Waals surface area contributed by atoms with Gasteiger partial charge < -0.3 is 4.74 Å². The van der Waals surface area contributed by atoms with E-state index in [0.29, 0.717) is 12.8 Å². The third kappa shape index (κ3) is 8.20. The van der Waals surface area contributed by atoms with Crippen molar-refractivity contribution in [2.75, 3.05) is 18.9 Å². The van der Waals surface area contributed by atoms with Gasteiger partial charge in [-0.1, -0.05) is 0 Å². The molecule has 92 valence electrons. The van der Waals surface area contributed by atoms with Crippen LogP contribution in [0.25, 0.3) is 0 Å². The molecule has 6 nitrogen and oxygen atoms in total. The number of hydrogen-bond donors (Lipinski definition) is 1. The van der Waals surface area contributed by atoms with Gasteiger partial charge in [-0.25, -0.2) is 13.1 Å². The zero-order valence-electron chi connectivity index (χ0n) is 9.23. The fourth-order valence-electron chi connectivity index (χ4n) is 0.918. The van der Waals surface area contributed by atoms with Crippen LogP contribution in [0, 0.1) is 11.3 Å². The third-order valence-electron chi connectivity index (χ3n) is 1.67. The van der Waals surface area contributed by atoms with Crippen LogP contribution in [-0.2, 0) is 19.6 Å². The topological polar surface area (TPSA) is 96.3 Å². The third-order valence-corrected chi connectivity index (χ3v) is 3.05. The first kappa shape index (κ1) is 14.9. The molecule has 0 amide bonds. The van der Waals surface area contributed by atoms with Gasteiger partial charge in [0.15, 0.2) is 0 Å². The summed E-state index contributed by atoms with van der Waals surface area (Å²) in [5.74, 6) is -0.803. The number of sulfonamides is 1. The summed E-state index contributed by atoms with van der Waals surface area (Å²) < 4.78 is 29.5. The van der Waals surface area contributed by atoms with Crippen molar-refractivity contribution in [2.24, 2.45) is 0 Å². The molecule has 0 aromatic rings. The number of hydrogen-bond acceptors (Lipinski definition) is 5. The lowest BCUT2D eigenvalue weighted by Gasteiger charge is -2.05. The van der Waals surface area contributed by atoms with E-state index in [0.717, 1.165) is 0 Å². The van der Waals surface area contributed by atoms with E-state index in [1.165, 1.54) is 0 Å². The molecular formula is C9H16N2O4S. The molecule has 0 spiro atoms. The predicted octanol–water partition coefficient (Wildman–Crippen LogP) is 0.163. The number of unbranched alkanes of at least 4 members (excludes halogenated alkanes) is 1. The summed E-state index contributed by atoms with van der Waals surface area (Å²) in [6, 6.07) is 1.91. The number of carbonyl (C=O) groups excluding carboxylic acids is 1. The second-order valence-electron chi connectivity index (χ2n) is 3.03. The number of ether oxygens (including phenoxy) is 1. The number of nitrogens with one attached hydrogen (secondary N) is 1. The van der Waals surface area contributed by atoms with Crippen molar-refractivity contribution in [1.82, 2.24) is 4.72 Å². The lowest BCUT2D eigenvalue weighted by molar-refractivity contribution is -0.142. The highest BCUT2D eigenvalue weighted by atomic mass is 32.2. The average Bonchev–Trinajstić information content (AvgIpc) is 2.22. The highest BCUT2D eigenvalue weighted by molar-refractivity contribution is 7.89. The number of nitriles is 1. The monoisotopic (exact) mass is 248 g/mol. The van der Waals surface area contributed by atoms with Gasteiger partial charge in [0.25, 0.3) is 0 Å². The molecule has 0 aliphatic carbocycles. The van der Waals surface area contributed by atoms with Gasteiger partial charge in [-0.2, -0.15) is 5.26 Å². The largest absolute Gasteiger partial charge is 0.466 e. The highest BCUT2D eigenvalue weighted by Gasteiger charge is 2.12. The summed E-state index contributed by atoms with van der Waals surface area (Å²) in [4.78, 5) is 10.9. The maximum Gasteiger partial charge on any atom is 0.306 e. The van der Waals surface area contributed by atoms with Gasteiger partial charge in [-0.05, 0) is 13.3 Å². The van der Waals surface area contributed by atoms with Gasteiger partial charge >= 0.3 is 5.97 Å². The average molecular weight is 248 g/mol. The lowest BCUT2D eigenvalue weighted by atomic mass is 10.3. The van der Waals surface area contributed by atoms with Crippen molar-refractivity contribution in [3.63, 3.8) is 0 Å². The molecule has 0 saturated heterocycles. The SMILES string of the molecule is CCOC(=O)CCS(=O)(=O)NCCCC#N. The van der Waals surface area contributed by atoms with E-state index in [-0.39, 0.29) is 25.3 Å². The van der Waals surface area contributed by atoms with Gasteiger partial charge in [0, 0.05) is 13.0 Å². The summed E-state index contributed by atoms with van der Waals surface area (Å²) in [7, 11) is -3.44. The van der Waals surface area contributed by atoms with Crippen LogP contribution in [-0.4, -0.2) is 33.3 Å². The second-order valence-corrected chi connectivity index (χ2v) is 4.96. The first-order valence-electron chi connectivity index (χ1n) is 5.01.